The van der Waals surface area contributed by atoms with E-state index in [0.717, 1.165) is 19.3 Å². The van der Waals surface area contributed by atoms with Crippen LogP contribution in [0.25, 0.3) is 0 Å². The lowest BCUT2D eigenvalue weighted by Crippen LogP contribution is -2.60. The Hall–Kier alpha value is -0.0900. The Morgan fingerprint density at radius 3 is 2.07 bits per heavy atom. The average Bonchev–Trinajstić information content (AvgIpc) is 2.43. The van der Waals surface area contributed by atoms with Gasteiger partial charge in [0, 0.05) is 5.54 Å². The Balaban J connectivity index is 2.19. The summed E-state index contributed by atoms with van der Waals surface area (Å²) in [6.07, 6.45) is 7.80. The molecule has 1 saturated heterocycles. The van der Waals surface area contributed by atoms with Crippen LogP contribution >= 0.6 is 0 Å². The first-order valence-electron chi connectivity index (χ1n) is 6.01. The number of hydrogen-bond donors (Lipinski definition) is 1. The second kappa shape index (κ2) is 4.06. The van der Waals surface area contributed by atoms with Crippen LogP contribution in [0.5, 0.6) is 0 Å². The average molecular weight is 231 g/mol. The molecular formula is C11H21NO2S. The second-order valence-corrected chi connectivity index (χ2v) is 7.27. The van der Waals surface area contributed by atoms with Crippen molar-refractivity contribution in [3.8, 4) is 0 Å². The van der Waals surface area contributed by atoms with Gasteiger partial charge in [-0.1, -0.05) is 25.7 Å². The fourth-order valence-corrected chi connectivity index (χ4v) is 5.04. The maximum absolute atomic E-state index is 11.8. The van der Waals surface area contributed by atoms with Crippen molar-refractivity contribution in [2.75, 3.05) is 12.8 Å². The molecule has 2 rings (SSSR count). The minimum absolute atomic E-state index is 0.104. The van der Waals surface area contributed by atoms with E-state index in [1.54, 1.807) is 0 Å². The predicted molar refractivity (Wildman–Crippen MR) is 61.7 cm³/mol. The Kier molecular flexibility index (Phi) is 3.08. The van der Waals surface area contributed by atoms with E-state index in [2.05, 4.69) is 5.32 Å². The van der Waals surface area contributed by atoms with Crippen molar-refractivity contribution in [2.24, 2.45) is 0 Å². The van der Waals surface area contributed by atoms with E-state index in [0.29, 0.717) is 5.75 Å². The normalized spacial score (nSPS) is 34.1. The molecule has 0 amide bonds. The third-order valence-corrected chi connectivity index (χ3v) is 6.57. The Morgan fingerprint density at radius 1 is 1.13 bits per heavy atom. The highest BCUT2D eigenvalue weighted by atomic mass is 32.2. The SMILES string of the molecule is CNC1(C2CCS2(=O)=O)CCCCCC1. The summed E-state index contributed by atoms with van der Waals surface area (Å²) in [5.41, 5.74) is -0.104. The summed E-state index contributed by atoms with van der Waals surface area (Å²) < 4.78 is 23.5. The lowest BCUT2D eigenvalue weighted by molar-refractivity contribution is 0.271. The molecule has 0 bridgehead atoms. The van der Waals surface area contributed by atoms with Gasteiger partial charge in [-0.25, -0.2) is 8.42 Å². The maximum atomic E-state index is 11.8. The molecule has 2 aliphatic rings. The van der Waals surface area contributed by atoms with Crippen molar-refractivity contribution in [1.82, 2.24) is 5.32 Å². The summed E-state index contributed by atoms with van der Waals surface area (Å²) in [7, 11) is -0.841. The van der Waals surface area contributed by atoms with Crippen LogP contribution < -0.4 is 5.32 Å². The summed E-state index contributed by atoms with van der Waals surface area (Å²) in [4.78, 5) is 0. The summed E-state index contributed by atoms with van der Waals surface area (Å²) in [6, 6.07) is 0. The van der Waals surface area contributed by atoms with Gasteiger partial charge >= 0.3 is 0 Å². The molecule has 15 heavy (non-hydrogen) atoms. The highest BCUT2D eigenvalue weighted by Crippen LogP contribution is 2.39. The topological polar surface area (TPSA) is 46.2 Å². The van der Waals surface area contributed by atoms with Crippen LogP contribution in [-0.4, -0.2) is 32.0 Å². The van der Waals surface area contributed by atoms with Gasteiger partial charge in [0.2, 0.25) is 0 Å². The summed E-state index contributed by atoms with van der Waals surface area (Å²) in [5, 5.41) is 3.23. The Bertz CT molecular complexity index is 315. The molecule has 0 radical (unpaired) electrons. The number of hydrogen-bond acceptors (Lipinski definition) is 3. The van der Waals surface area contributed by atoms with E-state index in [9.17, 15) is 8.42 Å². The van der Waals surface area contributed by atoms with Gasteiger partial charge in [0.05, 0.1) is 11.0 Å². The van der Waals surface area contributed by atoms with Gasteiger partial charge in [-0.05, 0) is 26.3 Å². The van der Waals surface area contributed by atoms with Crippen LogP contribution in [0, 0.1) is 0 Å². The molecule has 0 spiro atoms. The molecule has 0 aromatic carbocycles. The van der Waals surface area contributed by atoms with Crippen molar-refractivity contribution in [2.45, 2.75) is 55.7 Å². The Labute approximate surface area is 92.6 Å². The van der Waals surface area contributed by atoms with E-state index in [1.807, 2.05) is 7.05 Å². The molecule has 1 atom stereocenters. The Morgan fingerprint density at radius 2 is 1.73 bits per heavy atom. The second-order valence-electron chi connectivity index (χ2n) is 4.96. The van der Waals surface area contributed by atoms with E-state index in [4.69, 9.17) is 0 Å². The first-order chi connectivity index (χ1) is 7.11. The highest BCUT2D eigenvalue weighted by molar-refractivity contribution is 7.93. The van der Waals surface area contributed by atoms with Crippen molar-refractivity contribution in [1.29, 1.82) is 0 Å². The molecule has 1 unspecified atom stereocenters. The fraction of sp³-hybridized carbons (Fsp3) is 1.00. The zero-order valence-corrected chi connectivity index (χ0v) is 10.3. The van der Waals surface area contributed by atoms with Gasteiger partial charge < -0.3 is 5.32 Å². The van der Waals surface area contributed by atoms with Gasteiger partial charge in [0.15, 0.2) is 9.84 Å². The van der Waals surface area contributed by atoms with Gasteiger partial charge in [-0.2, -0.15) is 0 Å². The van der Waals surface area contributed by atoms with E-state index < -0.39 is 9.84 Å². The van der Waals surface area contributed by atoms with Gasteiger partial charge in [0.1, 0.15) is 0 Å². The van der Waals surface area contributed by atoms with Crippen molar-refractivity contribution >= 4 is 9.84 Å². The first-order valence-corrected chi connectivity index (χ1v) is 7.73. The smallest absolute Gasteiger partial charge is 0.155 e. The van der Waals surface area contributed by atoms with E-state index in [1.165, 1.54) is 25.7 Å². The summed E-state index contributed by atoms with van der Waals surface area (Å²) in [5.74, 6) is 0.404. The molecule has 1 aliphatic carbocycles. The minimum Gasteiger partial charge on any atom is -0.313 e. The van der Waals surface area contributed by atoms with Crippen molar-refractivity contribution in [3.63, 3.8) is 0 Å². The molecule has 3 nitrogen and oxygen atoms in total. The largest absolute Gasteiger partial charge is 0.313 e. The lowest BCUT2D eigenvalue weighted by atomic mass is 9.85. The molecule has 1 heterocycles. The third-order valence-electron chi connectivity index (χ3n) is 4.21. The number of sulfone groups is 1. The van der Waals surface area contributed by atoms with E-state index >= 15 is 0 Å². The van der Waals surface area contributed by atoms with Crippen LogP contribution in [0.4, 0.5) is 0 Å². The zero-order valence-electron chi connectivity index (χ0n) is 9.46. The zero-order chi connectivity index (χ0) is 10.9. The molecule has 1 aliphatic heterocycles. The third kappa shape index (κ3) is 1.94. The van der Waals surface area contributed by atoms with Crippen molar-refractivity contribution in [3.05, 3.63) is 0 Å². The molecule has 4 heteroatoms. The van der Waals surface area contributed by atoms with Crippen LogP contribution in [-0.2, 0) is 9.84 Å². The van der Waals surface area contributed by atoms with Gasteiger partial charge in [0.25, 0.3) is 0 Å². The lowest BCUT2D eigenvalue weighted by Gasteiger charge is -2.44. The van der Waals surface area contributed by atoms with E-state index in [-0.39, 0.29) is 10.8 Å². The highest BCUT2D eigenvalue weighted by Gasteiger charge is 2.50. The summed E-state index contributed by atoms with van der Waals surface area (Å²) in [6.45, 7) is 0. The fourth-order valence-electron chi connectivity index (χ4n) is 3.14. The molecule has 0 aromatic rings. The molecular weight excluding hydrogens is 210 g/mol. The van der Waals surface area contributed by atoms with Crippen molar-refractivity contribution < 1.29 is 8.42 Å². The molecule has 2 fully saturated rings. The molecule has 0 aromatic heterocycles. The van der Waals surface area contributed by atoms with Gasteiger partial charge in [-0.15, -0.1) is 0 Å². The van der Waals surface area contributed by atoms with Crippen LogP contribution in [0.15, 0.2) is 0 Å². The van der Waals surface area contributed by atoms with Crippen LogP contribution in [0.3, 0.4) is 0 Å². The molecule has 88 valence electrons. The monoisotopic (exact) mass is 231 g/mol. The van der Waals surface area contributed by atoms with Gasteiger partial charge in [-0.3, -0.25) is 0 Å². The molecule has 1 saturated carbocycles. The minimum atomic E-state index is -2.77. The van der Waals surface area contributed by atoms with Crippen LogP contribution in [0.1, 0.15) is 44.9 Å². The number of rotatable bonds is 2. The first kappa shape index (κ1) is 11.4. The van der Waals surface area contributed by atoms with Crippen LogP contribution in [0.2, 0.25) is 0 Å². The predicted octanol–water partition coefficient (Wildman–Crippen LogP) is 1.49. The standard InChI is InChI=1S/C11H21NO2S/c1-12-11(7-4-2-3-5-8-11)10-6-9-15(10,13)14/h10,12H,2-9H2,1H3. The maximum Gasteiger partial charge on any atom is 0.155 e. The quantitative estimate of drug-likeness (QED) is 0.732. The molecule has 1 N–H and O–H groups in total. The summed E-state index contributed by atoms with van der Waals surface area (Å²) >= 11 is 0. The number of nitrogens with one attached hydrogen (secondary N) is 1.